The van der Waals surface area contributed by atoms with Crippen LogP contribution in [0.25, 0.3) is 0 Å². The molecule has 0 bridgehead atoms. The fourth-order valence-electron chi connectivity index (χ4n) is 3.82. The van der Waals surface area contributed by atoms with Crippen LogP contribution >= 0.6 is 0 Å². The summed E-state index contributed by atoms with van der Waals surface area (Å²) in [6.07, 6.45) is 3.71. The lowest BCUT2D eigenvalue weighted by molar-refractivity contribution is -0.119. The summed E-state index contributed by atoms with van der Waals surface area (Å²) in [5, 5.41) is 10.7. The van der Waals surface area contributed by atoms with Crippen molar-refractivity contribution in [3.63, 3.8) is 0 Å². The molecule has 1 unspecified atom stereocenters. The van der Waals surface area contributed by atoms with Gasteiger partial charge < -0.3 is 15.4 Å². The third kappa shape index (κ3) is 4.32. The second-order valence-electron chi connectivity index (χ2n) is 7.47. The van der Waals surface area contributed by atoms with Crippen LogP contribution in [0.5, 0.6) is 5.75 Å². The van der Waals surface area contributed by atoms with Crippen molar-refractivity contribution in [3.05, 3.63) is 78.1 Å². The van der Waals surface area contributed by atoms with Gasteiger partial charge in [0.15, 0.2) is 0 Å². The fourth-order valence-corrected chi connectivity index (χ4v) is 3.82. The smallest absolute Gasteiger partial charge is 0.229 e. The molecule has 6 heteroatoms. The number of anilines is 1. The van der Waals surface area contributed by atoms with Gasteiger partial charge in [-0.05, 0) is 30.2 Å². The Balaban J connectivity index is 1.48. The zero-order valence-electron chi connectivity index (χ0n) is 16.7. The number of nitrogens with zero attached hydrogens (tertiary/aromatic N) is 2. The molecule has 2 heterocycles. The lowest BCUT2D eigenvalue weighted by Crippen LogP contribution is -2.28. The van der Waals surface area contributed by atoms with Crippen molar-refractivity contribution in [1.29, 1.82) is 0 Å². The van der Waals surface area contributed by atoms with E-state index in [9.17, 15) is 4.79 Å². The molecule has 4 rings (SSSR count). The van der Waals surface area contributed by atoms with Crippen molar-refractivity contribution in [3.8, 4) is 5.75 Å². The number of para-hydroxylation sites is 2. The second-order valence-corrected chi connectivity index (χ2v) is 7.47. The summed E-state index contributed by atoms with van der Waals surface area (Å²) in [6, 6.07) is 17.6. The molecular weight excluding hydrogens is 364 g/mol. The Kier molecular flexibility index (Phi) is 5.62. The summed E-state index contributed by atoms with van der Waals surface area (Å²) in [5.74, 6) is 0.618. The first kappa shape index (κ1) is 19.2. The van der Waals surface area contributed by atoms with Gasteiger partial charge in [-0.15, -0.1) is 0 Å². The molecule has 0 radical (unpaired) electrons. The van der Waals surface area contributed by atoms with Gasteiger partial charge in [0.1, 0.15) is 11.9 Å². The van der Waals surface area contributed by atoms with Gasteiger partial charge >= 0.3 is 0 Å². The SMILES string of the molecule is CC(Oc1ccccc1NC(=O)[C@H]1CNC[C@@H]1c1cnn(C)c1)c1ccccc1. The molecule has 1 saturated heterocycles. The number of carbonyl (C=O) groups excluding carboxylic acids is 1. The van der Waals surface area contributed by atoms with Gasteiger partial charge in [-0.2, -0.15) is 5.10 Å². The van der Waals surface area contributed by atoms with Crippen molar-refractivity contribution >= 4 is 11.6 Å². The molecule has 3 atom stereocenters. The van der Waals surface area contributed by atoms with Crippen molar-refractivity contribution in [1.82, 2.24) is 15.1 Å². The first-order valence-electron chi connectivity index (χ1n) is 9.92. The quantitative estimate of drug-likeness (QED) is 0.676. The zero-order chi connectivity index (χ0) is 20.2. The Morgan fingerprint density at radius 1 is 1.17 bits per heavy atom. The zero-order valence-corrected chi connectivity index (χ0v) is 16.7. The molecule has 2 aromatic carbocycles. The van der Waals surface area contributed by atoms with Crippen molar-refractivity contribution in [2.24, 2.45) is 13.0 Å². The largest absolute Gasteiger partial charge is 0.484 e. The number of nitrogens with one attached hydrogen (secondary N) is 2. The Morgan fingerprint density at radius 3 is 2.69 bits per heavy atom. The molecule has 1 fully saturated rings. The van der Waals surface area contributed by atoms with E-state index in [0.717, 1.165) is 17.7 Å². The van der Waals surface area contributed by atoms with Gasteiger partial charge in [0.2, 0.25) is 5.91 Å². The van der Waals surface area contributed by atoms with Crippen LogP contribution in [0.1, 0.15) is 30.1 Å². The highest BCUT2D eigenvalue weighted by molar-refractivity contribution is 5.95. The van der Waals surface area contributed by atoms with Crippen LogP contribution in [0.2, 0.25) is 0 Å². The minimum atomic E-state index is -0.154. The number of aromatic nitrogens is 2. The maximum atomic E-state index is 13.1. The molecule has 29 heavy (non-hydrogen) atoms. The van der Waals surface area contributed by atoms with Crippen molar-refractivity contribution in [2.45, 2.75) is 18.9 Å². The summed E-state index contributed by atoms with van der Waals surface area (Å²) < 4.78 is 7.94. The van der Waals surface area contributed by atoms with E-state index in [4.69, 9.17) is 4.74 Å². The van der Waals surface area contributed by atoms with Crippen LogP contribution in [-0.4, -0.2) is 28.8 Å². The minimum absolute atomic E-state index is 0.00716. The summed E-state index contributed by atoms with van der Waals surface area (Å²) in [7, 11) is 1.89. The van der Waals surface area contributed by atoms with E-state index < -0.39 is 0 Å². The number of amides is 1. The molecule has 1 aliphatic rings. The van der Waals surface area contributed by atoms with E-state index in [1.165, 1.54) is 0 Å². The summed E-state index contributed by atoms with van der Waals surface area (Å²) >= 11 is 0. The average Bonchev–Trinajstić information content (AvgIpc) is 3.39. The lowest BCUT2D eigenvalue weighted by atomic mass is 9.90. The second kappa shape index (κ2) is 8.49. The van der Waals surface area contributed by atoms with E-state index in [1.807, 2.05) is 81.0 Å². The molecule has 6 nitrogen and oxygen atoms in total. The number of hydrogen-bond donors (Lipinski definition) is 2. The van der Waals surface area contributed by atoms with Crippen LogP contribution in [-0.2, 0) is 11.8 Å². The molecule has 0 saturated carbocycles. The Labute approximate surface area is 170 Å². The molecule has 1 aliphatic heterocycles. The molecule has 1 aromatic heterocycles. The number of aryl methyl sites for hydroxylation is 1. The van der Waals surface area contributed by atoms with Crippen LogP contribution < -0.4 is 15.4 Å². The van der Waals surface area contributed by atoms with Crippen LogP contribution in [0.4, 0.5) is 5.69 Å². The molecule has 3 aromatic rings. The maximum absolute atomic E-state index is 13.1. The minimum Gasteiger partial charge on any atom is -0.484 e. The highest BCUT2D eigenvalue weighted by Crippen LogP contribution is 2.32. The first-order valence-corrected chi connectivity index (χ1v) is 9.92. The van der Waals surface area contributed by atoms with Gasteiger partial charge in [-0.25, -0.2) is 0 Å². The van der Waals surface area contributed by atoms with Crippen LogP contribution in [0.3, 0.4) is 0 Å². The van der Waals surface area contributed by atoms with E-state index >= 15 is 0 Å². The summed E-state index contributed by atoms with van der Waals surface area (Å²) in [5.41, 5.74) is 2.86. The number of rotatable bonds is 6. The normalized spacial score (nSPS) is 19.7. The van der Waals surface area contributed by atoms with E-state index in [-0.39, 0.29) is 23.8 Å². The molecule has 150 valence electrons. The Morgan fingerprint density at radius 2 is 1.93 bits per heavy atom. The molecule has 2 N–H and O–H groups in total. The van der Waals surface area contributed by atoms with Gasteiger partial charge in [0.05, 0.1) is 17.8 Å². The third-order valence-electron chi connectivity index (χ3n) is 5.42. The van der Waals surface area contributed by atoms with Crippen LogP contribution in [0.15, 0.2) is 67.0 Å². The monoisotopic (exact) mass is 390 g/mol. The van der Waals surface area contributed by atoms with Gasteiger partial charge in [0.25, 0.3) is 0 Å². The summed E-state index contributed by atoms with van der Waals surface area (Å²) in [4.78, 5) is 13.1. The number of hydrogen-bond acceptors (Lipinski definition) is 4. The van der Waals surface area contributed by atoms with Gasteiger partial charge in [-0.3, -0.25) is 9.48 Å². The molecule has 0 aliphatic carbocycles. The predicted octanol–water partition coefficient (Wildman–Crippen LogP) is 3.50. The molecular formula is C23H26N4O2. The Hall–Kier alpha value is -3.12. The standard InChI is InChI=1S/C23H26N4O2/c1-16(17-8-4-3-5-9-17)29-22-11-7-6-10-21(22)26-23(28)20-14-24-13-19(20)18-12-25-27(2)15-18/h3-12,15-16,19-20,24H,13-14H2,1-2H3,(H,26,28)/t16?,19-,20+/m1/s1. The number of benzene rings is 2. The highest BCUT2D eigenvalue weighted by atomic mass is 16.5. The molecule has 1 amide bonds. The predicted molar refractivity (Wildman–Crippen MR) is 113 cm³/mol. The number of carbonyl (C=O) groups is 1. The fraction of sp³-hybridized carbons (Fsp3) is 0.304. The van der Waals surface area contributed by atoms with Crippen LogP contribution in [0, 0.1) is 5.92 Å². The van der Waals surface area contributed by atoms with Crippen molar-refractivity contribution in [2.75, 3.05) is 18.4 Å². The van der Waals surface area contributed by atoms with E-state index in [0.29, 0.717) is 18.0 Å². The topological polar surface area (TPSA) is 68.2 Å². The van der Waals surface area contributed by atoms with Crippen molar-refractivity contribution < 1.29 is 9.53 Å². The lowest BCUT2D eigenvalue weighted by Gasteiger charge is -2.20. The van der Waals surface area contributed by atoms with E-state index in [1.54, 1.807) is 4.68 Å². The third-order valence-corrected chi connectivity index (χ3v) is 5.42. The Bertz CT molecular complexity index is 970. The average molecular weight is 390 g/mol. The summed E-state index contributed by atoms with van der Waals surface area (Å²) in [6.45, 7) is 3.43. The number of ether oxygens (including phenoxy) is 1. The maximum Gasteiger partial charge on any atom is 0.229 e. The van der Waals surface area contributed by atoms with E-state index in [2.05, 4.69) is 15.7 Å². The van der Waals surface area contributed by atoms with Gasteiger partial charge in [0, 0.05) is 32.3 Å². The first-order chi connectivity index (χ1) is 14.1. The highest BCUT2D eigenvalue weighted by Gasteiger charge is 2.35. The molecule has 0 spiro atoms. The van der Waals surface area contributed by atoms with Gasteiger partial charge in [-0.1, -0.05) is 42.5 Å².